The highest BCUT2D eigenvalue weighted by molar-refractivity contribution is 5.99. The Labute approximate surface area is 163 Å². The van der Waals surface area contributed by atoms with Crippen LogP contribution < -0.4 is 0 Å². The number of ketones is 1. The van der Waals surface area contributed by atoms with E-state index < -0.39 is 0 Å². The molecule has 2 heteroatoms. The van der Waals surface area contributed by atoms with Gasteiger partial charge in [0.15, 0.2) is 5.78 Å². The number of piperidine rings is 2. The summed E-state index contributed by atoms with van der Waals surface area (Å²) in [6.07, 6.45) is 5.82. The topological polar surface area (TPSA) is 20.3 Å². The third-order valence-electron chi connectivity index (χ3n) is 6.55. The Morgan fingerprint density at radius 1 is 0.963 bits per heavy atom. The zero-order valence-corrected chi connectivity index (χ0v) is 16.6. The molecule has 2 aliphatic heterocycles. The van der Waals surface area contributed by atoms with Gasteiger partial charge in [0.05, 0.1) is 0 Å². The molecule has 142 valence electrons. The van der Waals surface area contributed by atoms with Gasteiger partial charge in [-0.2, -0.15) is 0 Å². The molecule has 0 spiro atoms. The van der Waals surface area contributed by atoms with Gasteiger partial charge in [0.1, 0.15) is 0 Å². The second-order valence-corrected chi connectivity index (χ2v) is 8.67. The van der Waals surface area contributed by atoms with Crippen LogP contribution in [0.4, 0.5) is 0 Å². The highest BCUT2D eigenvalue weighted by Gasteiger charge is 2.40. The monoisotopic (exact) mass is 361 g/mol. The number of hydrogen-bond acceptors (Lipinski definition) is 2. The third-order valence-corrected chi connectivity index (χ3v) is 6.55. The van der Waals surface area contributed by atoms with E-state index in [0.29, 0.717) is 23.8 Å². The molecule has 2 nitrogen and oxygen atoms in total. The smallest absolute Gasteiger partial charge is 0.166 e. The largest absolute Gasteiger partial charge is 0.294 e. The fraction of sp³-hybridized carbons (Fsp3) is 0.480. The molecular formula is C25H31NO. The first-order chi connectivity index (χ1) is 13.1. The Bertz CT molecular complexity index is 768. The van der Waals surface area contributed by atoms with Gasteiger partial charge in [0.2, 0.25) is 0 Å². The maximum atomic E-state index is 13.4. The van der Waals surface area contributed by atoms with E-state index in [0.717, 1.165) is 24.9 Å². The molecule has 2 atom stereocenters. The van der Waals surface area contributed by atoms with Crippen LogP contribution in [-0.4, -0.2) is 22.8 Å². The van der Waals surface area contributed by atoms with E-state index in [1.165, 1.54) is 30.4 Å². The van der Waals surface area contributed by atoms with Gasteiger partial charge in [-0.3, -0.25) is 9.69 Å². The maximum Gasteiger partial charge on any atom is 0.166 e. The van der Waals surface area contributed by atoms with E-state index >= 15 is 0 Å². The van der Waals surface area contributed by atoms with Crippen molar-refractivity contribution in [1.29, 1.82) is 0 Å². The zero-order valence-electron chi connectivity index (χ0n) is 16.6. The Morgan fingerprint density at radius 2 is 1.59 bits per heavy atom. The number of rotatable bonds is 5. The summed E-state index contributed by atoms with van der Waals surface area (Å²) < 4.78 is 0. The highest BCUT2D eigenvalue weighted by atomic mass is 16.1. The summed E-state index contributed by atoms with van der Waals surface area (Å²) in [7, 11) is 0. The molecule has 2 saturated heterocycles. The average Bonchev–Trinajstić information content (AvgIpc) is 2.68. The lowest BCUT2D eigenvalue weighted by Gasteiger charge is -2.48. The average molecular weight is 362 g/mol. The van der Waals surface area contributed by atoms with Crippen molar-refractivity contribution >= 4 is 5.78 Å². The summed E-state index contributed by atoms with van der Waals surface area (Å²) in [5, 5.41) is 0. The first-order valence-electron chi connectivity index (χ1n) is 10.6. The lowest BCUT2D eigenvalue weighted by atomic mass is 9.74. The quantitative estimate of drug-likeness (QED) is 0.625. The van der Waals surface area contributed by atoms with Crippen LogP contribution in [0.5, 0.6) is 0 Å². The van der Waals surface area contributed by atoms with Crippen molar-refractivity contribution < 1.29 is 4.79 Å². The molecule has 0 aromatic heterocycles. The molecule has 2 aromatic carbocycles. The summed E-state index contributed by atoms with van der Waals surface area (Å²) in [6.45, 7) is 5.40. The van der Waals surface area contributed by atoms with Crippen molar-refractivity contribution in [2.24, 2.45) is 5.92 Å². The molecule has 0 N–H and O–H groups in total. The highest BCUT2D eigenvalue weighted by Crippen LogP contribution is 2.39. The van der Waals surface area contributed by atoms with Crippen molar-refractivity contribution in [1.82, 2.24) is 4.90 Å². The second kappa shape index (κ2) is 7.98. The SMILES string of the molecule is CC(C)c1ccccc1C(=O)C1CC2CCCC(C1)N2Cc1ccccc1. The van der Waals surface area contributed by atoms with Gasteiger partial charge in [0, 0.05) is 30.1 Å². The molecule has 2 aromatic rings. The second-order valence-electron chi connectivity index (χ2n) is 8.67. The van der Waals surface area contributed by atoms with Gasteiger partial charge in [-0.05, 0) is 42.7 Å². The Morgan fingerprint density at radius 3 is 2.26 bits per heavy atom. The van der Waals surface area contributed by atoms with Crippen LogP contribution in [0, 0.1) is 5.92 Å². The molecular weight excluding hydrogens is 330 g/mol. The van der Waals surface area contributed by atoms with E-state index in [9.17, 15) is 4.79 Å². The van der Waals surface area contributed by atoms with Gasteiger partial charge in [-0.25, -0.2) is 0 Å². The first-order valence-corrected chi connectivity index (χ1v) is 10.6. The lowest BCUT2D eigenvalue weighted by Crippen LogP contribution is -2.52. The van der Waals surface area contributed by atoms with Crippen LogP contribution in [-0.2, 0) is 6.54 Å². The number of fused-ring (bicyclic) bond motifs is 2. The molecule has 0 amide bonds. The molecule has 2 heterocycles. The van der Waals surface area contributed by atoms with Crippen molar-refractivity contribution in [2.45, 2.75) is 70.5 Å². The maximum absolute atomic E-state index is 13.4. The normalized spacial score (nSPS) is 25.5. The summed E-state index contributed by atoms with van der Waals surface area (Å²) in [5.74, 6) is 0.964. The van der Waals surface area contributed by atoms with Gasteiger partial charge in [-0.15, -0.1) is 0 Å². The third kappa shape index (κ3) is 3.87. The minimum Gasteiger partial charge on any atom is -0.294 e. The zero-order chi connectivity index (χ0) is 18.8. The summed E-state index contributed by atoms with van der Waals surface area (Å²) in [4.78, 5) is 16.1. The molecule has 4 rings (SSSR count). The summed E-state index contributed by atoms with van der Waals surface area (Å²) in [5.41, 5.74) is 3.57. The van der Waals surface area contributed by atoms with Crippen LogP contribution in [0.25, 0.3) is 0 Å². The summed E-state index contributed by atoms with van der Waals surface area (Å²) >= 11 is 0. The fourth-order valence-corrected chi connectivity index (χ4v) is 5.19. The van der Waals surface area contributed by atoms with Crippen molar-refractivity contribution in [3.63, 3.8) is 0 Å². The molecule has 2 aliphatic rings. The summed E-state index contributed by atoms with van der Waals surface area (Å²) in [6, 6.07) is 20.2. The van der Waals surface area contributed by atoms with Gasteiger partial charge >= 0.3 is 0 Å². The number of hydrogen-bond donors (Lipinski definition) is 0. The Hall–Kier alpha value is -1.93. The van der Waals surface area contributed by atoms with E-state index in [4.69, 9.17) is 0 Å². The molecule has 0 saturated carbocycles. The Kier molecular flexibility index (Phi) is 5.45. The van der Waals surface area contributed by atoms with E-state index in [2.05, 4.69) is 61.2 Å². The standard InChI is InChI=1S/C25H31NO/c1-18(2)23-13-6-7-14-24(23)25(27)20-15-21-11-8-12-22(16-20)26(21)17-19-9-4-3-5-10-19/h3-7,9-10,13-14,18,20-22H,8,11-12,15-17H2,1-2H3. The minimum absolute atomic E-state index is 0.187. The van der Waals surface area contributed by atoms with Crippen molar-refractivity contribution in [3.05, 3.63) is 71.3 Å². The van der Waals surface area contributed by atoms with Gasteiger partial charge < -0.3 is 0 Å². The predicted octanol–water partition coefficient (Wildman–Crippen LogP) is 5.83. The molecule has 0 aliphatic carbocycles. The number of carbonyl (C=O) groups is 1. The van der Waals surface area contributed by atoms with Crippen LogP contribution in [0.3, 0.4) is 0 Å². The number of Topliss-reactive ketones (excluding diaryl/α,β-unsaturated/α-hetero) is 1. The van der Waals surface area contributed by atoms with Crippen LogP contribution >= 0.6 is 0 Å². The molecule has 0 radical (unpaired) electrons. The fourth-order valence-electron chi connectivity index (χ4n) is 5.19. The van der Waals surface area contributed by atoms with E-state index in [-0.39, 0.29) is 5.92 Å². The van der Waals surface area contributed by atoms with E-state index in [1.54, 1.807) is 0 Å². The predicted molar refractivity (Wildman–Crippen MR) is 111 cm³/mol. The first kappa shape index (κ1) is 18.4. The Balaban J connectivity index is 1.52. The molecule has 2 bridgehead atoms. The molecule has 27 heavy (non-hydrogen) atoms. The lowest BCUT2D eigenvalue weighted by molar-refractivity contribution is 0.00903. The van der Waals surface area contributed by atoms with Crippen LogP contribution in [0.2, 0.25) is 0 Å². The minimum atomic E-state index is 0.187. The number of benzene rings is 2. The van der Waals surface area contributed by atoms with E-state index in [1.807, 2.05) is 12.1 Å². The molecule has 2 unspecified atom stereocenters. The van der Waals surface area contributed by atoms with Crippen molar-refractivity contribution in [3.8, 4) is 0 Å². The number of carbonyl (C=O) groups excluding carboxylic acids is 1. The van der Waals surface area contributed by atoms with Crippen LogP contribution in [0.1, 0.15) is 73.4 Å². The van der Waals surface area contributed by atoms with Crippen molar-refractivity contribution in [2.75, 3.05) is 0 Å². The molecule has 2 fully saturated rings. The van der Waals surface area contributed by atoms with Gasteiger partial charge in [-0.1, -0.05) is 74.9 Å². The van der Waals surface area contributed by atoms with Crippen LogP contribution in [0.15, 0.2) is 54.6 Å². The van der Waals surface area contributed by atoms with Gasteiger partial charge in [0.25, 0.3) is 0 Å². The number of nitrogens with zero attached hydrogens (tertiary/aromatic N) is 1.